The van der Waals surface area contributed by atoms with Crippen LogP contribution in [0.2, 0.25) is 0 Å². The van der Waals surface area contributed by atoms with Gasteiger partial charge in [-0.15, -0.1) is 11.3 Å². The number of fused-ring (bicyclic) bond motifs is 1. The number of hydrogen-bond donors (Lipinski definition) is 2. The summed E-state index contributed by atoms with van der Waals surface area (Å²) in [6, 6.07) is 7.99. The van der Waals surface area contributed by atoms with Gasteiger partial charge in [0.15, 0.2) is 5.60 Å². The highest BCUT2D eigenvalue weighted by Crippen LogP contribution is 2.40. The third-order valence-electron chi connectivity index (χ3n) is 5.68. The first-order chi connectivity index (χ1) is 13.0. The number of carbonyl (C=O) groups excluding carboxylic acids is 1. The summed E-state index contributed by atoms with van der Waals surface area (Å²) in [6.45, 7) is 0.544. The largest absolute Gasteiger partial charge is 0.479 e. The molecule has 0 saturated carbocycles. The molecule has 0 spiro atoms. The van der Waals surface area contributed by atoms with E-state index in [0.717, 1.165) is 21.6 Å². The minimum Gasteiger partial charge on any atom is -0.479 e. The van der Waals surface area contributed by atoms with Crippen molar-refractivity contribution in [2.24, 2.45) is 5.92 Å². The first-order valence-electron chi connectivity index (χ1n) is 9.23. The van der Waals surface area contributed by atoms with E-state index < -0.39 is 11.6 Å². The molecule has 6 nitrogen and oxygen atoms in total. The molecule has 1 aliphatic carbocycles. The fourth-order valence-electron chi connectivity index (χ4n) is 3.95. The molecule has 2 atom stereocenters. The average Bonchev–Trinajstić information content (AvgIpc) is 3.12. The summed E-state index contributed by atoms with van der Waals surface area (Å²) >= 11 is 1.64. The highest BCUT2D eigenvalue weighted by atomic mass is 32.1. The fourth-order valence-corrected chi connectivity index (χ4v) is 5.10. The normalized spacial score (nSPS) is 24.9. The average molecular weight is 386 g/mol. The van der Waals surface area contributed by atoms with Crippen LogP contribution in [0.1, 0.15) is 36.6 Å². The van der Waals surface area contributed by atoms with Crippen molar-refractivity contribution in [2.45, 2.75) is 37.2 Å². The molecule has 1 aliphatic heterocycles. The topological polar surface area (TPSA) is 90.7 Å². The Morgan fingerprint density at radius 3 is 2.56 bits per heavy atom. The summed E-state index contributed by atoms with van der Waals surface area (Å²) in [6.07, 6.45) is 5.75. The van der Waals surface area contributed by atoms with Crippen LogP contribution in [0.5, 0.6) is 0 Å². The van der Waals surface area contributed by atoms with E-state index in [0.29, 0.717) is 6.42 Å². The number of amides is 1. The molecule has 1 saturated heterocycles. The third-order valence-corrected chi connectivity index (χ3v) is 6.85. The number of carboxylic acid groups (broad SMARTS) is 1. The molecule has 2 N–H and O–H groups in total. The molecule has 2 aliphatic rings. The number of piperidine rings is 1. The van der Waals surface area contributed by atoms with E-state index in [-0.39, 0.29) is 43.7 Å². The number of rotatable bonds is 3. The SMILES string of the molecule is O=C(C1CC=CCC1c1nc2ccccc2s1)N1CCC(O)(C(=O)O)CC1. The van der Waals surface area contributed by atoms with Gasteiger partial charge in [-0.1, -0.05) is 24.3 Å². The van der Waals surface area contributed by atoms with E-state index in [4.69, 9.17) is 10.1 Å². The molecule has 2 heterocycles. The zero-order valence-electron chi connectivity index (χ0n) is 14.9. The summed E-state index contributed by atoms with van der Waals surface area (Å²) in [4.78, 5) is 30.8. The van der Waals surface area contributed by atoms with Gasteiger partial charge in [-0.25, -0.2) is 9.78 Å². The molecule has 1 fully saturated rings. The molecule has 27 heavy (non-hydrogen) atoms. The molecule has 1 amide bonds. The second-order valence-electron chi connectivity index (χ2n) is 7.34. The van der Waals surface area contributed by atoms with E-state index in [1.807, 2.05) is 30.3 Å². The number of allylic oxidation sites excluding steroid dienone is 2. The smallest absolute Gasteiger partial charge is 0.335 e. The minimum absolute atomic E-state index is 0.0380. The van der Waals surface area contributed by atoms with Crippen LogP contribution in [0.4, 0.5) is 0 Å². The van der Waals surface area contributed by atoms with Crippen molar-refractivity contribution in [3.8, 4) is 0 Å². The summed E-state index contributed by atoms with van der Waals surface area (Å²) in [7, 11) is 0. The van der Waals surface area contributed by atoms with E-state index in [9.17, 15) is 14.7 Å². The molecule has 0 bridgehead atoms. The van der Waals surface area contributed by atoms with Crippen molar-refractivity contribution in [2.75, 3.05) is 13.1 Å². The van der Waals surface area contributed by atoms with Crippen molar-refractivity contribution < 1.29 is 19.8 Å². The van der Waals surface area contributed by atoms with Crippen LogP contribution in [0.15, 0.2) is 36.4 Å². The second kappa shape index (κ2) is 7.05. The van der Waals surface area contributed by atoms with Crippen molar-refractivity contribution in [1.29, 1.82) is 0 Å². The van der Waals surface area contributed by atoms with Crippen molar-refractivity contribution >= 4 is 33.4 Å². The maximum atomic E-state index is 13.2. The summed E-state index contributed by atoms with van der Waals surface area (Å²) in [5.41, 5.74) is -0.752. The molecule has 142 valence electrons. The van der Waals surface area contributed by atoms with E-state index in [2.05, 4.69) is 6.08 Å². The predicted molar refractivity (Wildman–Crippen MR) is 103 cm³/mol. The lowest BCUT2D eigenvalue weighted by molar-refractivity contribution is -0.166. The quantitative estimate of drug-likeness (QED) is 0.792. The molecule has 7 heteroatoms. The molecule has 0 radical (unpaired) electrons. The van der Waals surface area contributed by atoms with Gasteiger partial charge in [-0.2, -0.15) is 0 Å². The van der Waals surface area contributed by atoms with Crippen LogP contribution in [0.25, 0.3) is 10.2 Å². The first kappa shape index (κ1) is 18.1. The lowest BCUT2D eigenvalue weighted by Crippen LogP contribution is -2.52. The molecule has 2 aromatic rings. The number of aromatic nitrogens is 1. The number of thiazole rings is 1. The number of benzene rings is 1. The standard InChI is InChI=1S/C20H22N2O4S/c23-18(22-11-9-20(26,10-12-22)19(24)25)14-6-2-1-5-13(14)17-21-15-7-3-4-8-16(15)27-17/h1-4,7-8,13-14,26H,5-6,9-12H2,(H,24,25). The van der Waals surface area contributed by atoms with Gasteiger partial charge in [-0.05, 0) is 25.0 Å². The van der Waals surface area contributed by atoms with Crippen molar-refractivity contribution in [3.63, 3.8) is 0 Å². The number of hydrogen-bond acceptors (Lipinski definition) is 5. The molecule has 2 unspecified atom stereocenters. The summed E-state index contributed by atoms with van der Waals surface area (Å²) < 4.78 is 1.12. The third kappa shape index (κ3) is 3.37. The fraction of sp³-hybridized carbons (Fsp3) is 0.450. The van der Waals surface area contributed by atoms with Gasteiger partial charge < -0.3 is 15.1 Å². The number of aliphatic hydroxyl groups is 1. The van der Waals surface area contributed by atoms with E-state index in [1.165, 1.54) is 0 Å². The number of carboxylic acids is 1. The van der Waals surface area contributed by atoms with E-state index >= 15 is 0 Å². The Morgan fingerprint density at radius 2 is 1.85 bits per heavy atom. The van der Waals surface area contributed by atoms with Crippen LogP contribution in [0.3, 0.4) is 0 Å². The molecular weight excluding hydrogens is 364 g/mol. The van der Waals surface area contributed by atoms with Gasteiger partial charge in [-0.3, -0.25) is 4.79 Å². The number of para-hydroxylation sites is 1. The summed E-state index contributed by atoms with van der Waals surface area (Å²) in [5.74, 6) is -1.31. The highest BCUT2D eigenvalue weighted by molar-refractivity contribution is 7.18. The van der Waals surface area contributed by atoms with Crippen LogP contribution in [-0.2, 0) is 9.59 Å². The van der Waals surface area contributed by atoms with Crippen LogP contribution < -0.4 is 0 Å². The van der Waals surface area contributed by atoms with Crippen molar-refractivity contribution in [3.05, 3.63) is 41.4 Å². The Labute approximate surface area is 161 Å². The first-order valence-corrected chi connectivity index (χ1v) is 10.0. The molecule has 1 aromatic heterocycles. The van der Waals surface area contributed by atoms with Gasteiger partial charge in [0.25, 0.3) is 0 Å². The van der Waals surface area contributed by atoms with E-state index in [1.54, 1.807) is 16.2 Å². The van der Waals surface area contributed by atoms with Gasteiger partial charge in [0.05, 0.1) is 21.1 Å². The number of likely N-dealkylation sites (tertiary alicyclic amines) is 1. The minimum atomic E-state index is -1.71. The zero-order valence-corrected chi connectivity index (χ0v) is 15.7. The van der Waals surface area contributed by atoms with Gasteiger partial charge >= 0.3 is 5.97 Å². The van der Waals surface area contributed by atoms with Gasteiger partial charge in [0, 0.05) is 31.8 Å². The number of nitrogens with zero attached hydrogens (tertiary/aromatic N) is 2. The Hall–Kier alpha value is -2.25. The van der Waals surface area contributed by atoms with Crippen LogP contribution >= 0.6 is 11.3 Å². The number of aliphatic carboxylic acids is 1. The number of carbonyl (C=O) groups is 2. The molecule has 1 aromatic carbocycles. The Bertz CT molecular complexity index is 865. The van der Waals surface area contributed by atoms with Gasteiger partial charge in [0.1, 0.15) is 0 Å². The Balaban J connectivity index is 1.53. The summed E-state index contributed by atoms with van der Waals surface area (Å²) in [5, 5.41) is 20.3. The predicted octanol–water partition coefficient (Wildman–Crippen LogP) is 2.78. The van der Waals surface area contributed by atoms with Crippen molar-refractivity contribution in [1.82, 2.24) is 9.88 Å². The van der Waals surface area contributed by atoms with Gasteiger partial charge in [0.2, 0.25) is 5.91 Å². The Kier molecular flexibility index (Phi) is 4.74. The second-order valence-corrected chi connectivity index (χ2v) is 8.40. The maximum Gasteiger partial charge on any atom is 0.335 e. The molecule has 4 rings (SSSR count). The lowest BCUT2D eigenvalue weighted by atomic mass is 9.81. The van der Waals surface area contributed by atoms with Crippen LogP contribution in [-0.4, -0.2) is 50.7 Å². The highest BCUT2D eigenvalue weighted by Gasteiger charge is 2.42. The molecular formula is C20H22N2O4S. The Morgan fingerprint density at radius 1 is 1.15 bits per heavy atom. The zero-order chi connectivity index (χ0) is 19.0. The van der Waals surface area contributed by atoms with Crippen LogP contribution in [0, 0.1) is 5.92 Å². The monoisotopic (exact) mass is 386 g/mol. The maximum absolute atomic E-state index is 13.2. The lowest BCUT2D eigenvalue weighted by Gasteiger charge is -2.38.